The predicted octanol–water partition coefficient (Wildman–Crippen LogP) is 0.449. The lowest BCUT2D eigenvalue weighted by Gasteiger charge is -2.25. The Morgan fingerprint density at radius 1 is 0.582 bits per heavy atom. The largest absolute Gasteiger partial charge is 1.00 e. The molecule has 0 rings (SSSR count). The molecule has 0 spiro atoms. The Kier molecular flexibility index (Phi) is 51.2. The van der Waals surface area contributed by atoms with E-state index in [1.54, 1.807) is 0 Å². The summed E-state index contributed by atoms with van der Waals surface area (Å²) in [5.41, 5.74) is 19.0. The Morgan fingerprint density at radius 3 is 1.33 bits per heavy atom. The molecular weight excluding hydrogens is 729 g/mol. The summed E-state index contributed by atoms with van der Waals surface area (Å²) in [5, 5.41) is 2.92. The van der Waals surface area contributed by atoms with Gasteiger partial charge < -0.3 is 46.5 Å². The highest BCUT2D eigenvalue weighted by Gasteiger charge is 2.26. The minimum Gasteiger partial charge on any atom is -1.00 e. The molecule has 0 aliphatic rings. The predicted molar refractivity (Wildman–Crippen MR) is 228 cm³/mol. The van der Waals surface area contributed by atoms with Crippen molar-refractivity contribution in [3.63, 3.8) is 0 Å². The van der Waals surface area contributed by atoms with Gasteiger partial charge >= 0.3 is 5.96 Å². The van der Waals surface area contributed by atoms with Crippen molar-refractivity contribution in [2.24, 2.45) is 11.5 Å². The van der Waals surface area contributed by atoms with Crippen molar-refractivity contribution in [1.82, 2.24) is 10.2 Å². The fourth-order valence-corrected chi connectivity index (χ4v) is 6.81. The molecule has 9 nitrogen and oxygen atoms in total. The first-order valence-electron chi connectivity index (χ1n) is 22.3. The molecule has 2 atom stereocenters. The van der Waals surface area contributed by atoms with Gasteiger partial charge in [0.1, 0.15) is 0 Å². The first kappa shape index (κ1) is 60.1. The van der Waals surface area contributed by atoms with E-state index in [0.29, 0.717) is 13.0 Å². The number of nitrogens with zero attached hydrogens (tertiary/aromatic N) is 1. The molecule has 0 radical (unpaired) electrons. The zero-order valence-electron chi connectivity index (χ0n) is 35.4. The van der Waals surface area contributed by atoms with E-state index in [1.807, 2.05) is 4.90 Å². The van der Waals surface area contributed by atoms with Crippen LogP contribution in [0.3, 0.4) is 0 Å². The van der Waals surface area contributed by atoms with Gasteiger partial charge in [-0.1, -0.05) is 175 Å². The quantitative estimate of drug-likeness (QED) is 0.0229. The Bertz CT molecular complexity index is 875. The van der Waals surface area contributed by atoms with Gasteiger partial charge in [-0.25, -0.2) is 0 Å². The molecule has 0 fully saturated rings. The molecule has 0 saturated carbocycles. The number of hydrogen-bond acceptors (Lipinski definition) is 2. The van der Waals surface area contributed by atoms with Crippen LogP contribution in [0.15, 0.2) is 12.2 Å². The summed E-state index contributed by atoms with van der Waals surface area (Å²) in [5.74, 6) is 0.0961. The molecule has 0 aromatic heterocycles. The summed E-state index contributed by atoms with van der Waals surface area (Å²) in [6.07, 6.45) is 42.5. The van der Waals surface area contributed by atoms with Crippen molar-refractivity contribution < 1.29 is 50.9 Å². The van der Waals surface area contributed by atoms with E-state index in [9.17, 15) is 9.59 Å². The lowest BCUT2D eigenvalue weighted by Crippen LogP contribution is -3.00. The smallest absolute Gasteiger partial charge is 0.338 e. The van der Waals surface area contributed by atoms with Crippen LogP contribution in [-0.4, -0.2) is 60.9 Å². The number of unbranched alkanes of at least 4 members (excludes halogenated alkanes) is 25. The molecule has 55 heavy (non-hydrogen) atoms. The monoisotopic (exact) mass is 823 g/mol. The number of guanidine groups is 1. The number of allylic oxidation sites excluding steroid dienone is 2. The van der Waals surface area contributed by atoms with Gasteiger partial charge in [-0.3, -0.25) is 26.0 Å². The second-order valence-electron chi connectivity index (χ2n) is 15.5. The molecule has 0 aliphatic carbocycles. The second-order valence-corrected chi connectivity index (χ2v) is 15.5. The van der Waals surface area contributed by atoms with Gasteiger partial charge in [0.15, 0.2) is 12.1 Å². The van der Waals surface area contributed by atoms with Crippen LogP contribution in [0.1, 0.15) is 214 Å². The zero-order chi connectivity index (χ0) is 38.3. The minimum atomic E-state index is -0.495. The lowest BCUT2D eigenvalue weighted by atomic mass is 10.0. The molecule has 2 unspecified atom stereocenters. The maximum Gasteiger partial charge on any atom is 0.338 e. The summed E-state index contributed by atoms with van der Waals surface area (Å²) >= 11 is 0. The fourth-order valence-electron chi connectivity index (χ4n) is 6.81. The van der Waals surface area contributed by atoms with Crippen LogP contribution in [-0.2, 0) is 9.59 Å². The molecule has 2 amide bonds. The summed E-state index contributed by atoms with van der Waals surface area (Å²) in [6, 6.07) is -0.888. The van der Waals surface area contributed by atoms with Crippen molar-refractivity contribution in [2.45, 2.75) is 226 Å². The number of nitrogens with one attached hydrogen (secondary N) is 2. The number of nitrogens with two attached hydrogens (primary N) is 2. The van der Waals surface area contributed by atoms with Crippen LogP contribution < -0.4 is 58.1 Å². The van der Waals surface area contributed by atoms with E-state index >= 15 is 0 Å². The van der Waals surface area contributed by atoms with Crippen LogP contribution in [0.4, 0.5) is 0 Å². The third-order valence-electron chi connectivity index (χ3n) is 10.3. The van der Waals surface area contributed by atoms with Crippen molar-refractivity contribution >= 4 is 17.8 Å². The molecule has 330 valence electrons. The summed E-state index contributed by atoms with van der Waals surface area (Å²) in [6.45, 7) is 6.97. The number of rotatable bonds is 39. The van der Waals surface area contributed by atoms with Crippen molar-refractivity contribution in [2.75, 3.05) is 26.2 Å². The molecule has 0 heterocycles. The normalized spacial score (nSPS) is 11.9. The molecule has 0 saturated heterocycles. The van der Waals surface area contributed by atoms with E-state index in [-0.39, 0.29) is 56.6 Å². The number of halogens is 2. The highest BCUT2D eigenvalue weighted by molar-refractivity contribution is 5.83. The maximum absolute atomic E-state index is 13.5. The third-order valence-corrected chi connectivity index (χ3v) is 10.3. The second kappa shape index (κ2) is 46.8. The number of carbonyl (C=O) groups excluding carboxylic acids is 2. The van der Waals surface area contributed by atoms with Crippen LogP contribution in [0.5, 0.6) is 0 Å². The average molecular weight is 824 g/mol. The van der Waals surface area contributed by atoms with Crippen molar-refractivity contribution in [3.8, 4) is 0 Å². The molecular formula is C44H94Cl2N7O2+. The Labute approximate surface area is 353 Å². The van der Waals surface area contributed by atoms with Crippen molar-refractivity contribution in [1.29, 1.82) is 0 Å². The van der Waals surface area contributed by atoms with Gasteiger partial charge in [0.05, 0.1) is 13.1 Å². The molecule has 0 aromatic rings. The van der Waals surface area contributed by atoms with Gasteiger partial charge in [-0.15, -0.1) is 0 Å². The molecule has 0 aliphatic heterocycles. The minimum absolute atomic E-state index is 0. The van der Waals surface area contributed by atoms with Crippen LogP contribution in [0, 0.1) is 0 Å². The average Bonchev–Trinajstić information content (AvgIpc) is 3.13. The number of hydrogen-bond donors (Lipinski definition) is 6. The van der Waals surface area contributed by atoms with E-state index in [1.165, 1.54) is 161 Å². The first-order valence-corrected chi connectivity index (χ1v) is 22.3. The van der Waals surface area contributed by atoms with Crippen LogP contribution in [0.2, 0.25) is 0 Å². The van der Waals surface area contributed by atoms with E-state index in [4.69, 9.17) is 11.5 Å². The fraction of sp³-hybridized carbons (Fsp3) is 0.886. The molecule has 11 heteroatoms. The first-order chi connectivity index (χ1) is 25.3. The van der Waals surface area contributed by atoms with Gasteiger partial charge in [0.25, 0.3) is 11.8 Å². The SMILES string of the molecule is C.CCCCCCCC/C=C\CCCCCCCCN(CCCCCCCCCCCCCCCC)C(=O)C([NH3+])CNC(=O)C([NH3+])CCC[NH+]=C(N)N.[Cl-].[Cl-]. The van der Waals surface area contributed by atoms with Crippen LogP contribution in [0.25, 0.3) is 0 Å². The van der Waals surface area contributed by atoms with Gasteiger partial charge in [-0.2, -0.15) is 0 Å². The summed E-state index contributed by atoms with van der Waals surface area (Å²) < 4.78 is 0. The summed E-state index contributed by atoms with van der Waals surface area (Å²) in [7, 11) is 0. The Morgan fingerprint density at radius 2 is 0.945 bits per heavy atom. The summed E-state index contributed by atoms with van der Waals surface area (Å²) in [4.78, 5) is 31.0. The van der Waals surface area contributed by atoms with Gasteiger partial charge in [0, 0.05) is 19.5 Å². The number of quaternary nitrogens is 2. The topological polar surface area (TPSA) is 171 Å². The molecule has 12 N–H and O–H groups in total. The van der Waals surface area contributed by atoms with Crippen LogP contribution >= 0.6 is 0 Å². The maximum atomic E-state index is 13.5. The molecule has 0 aromatic carbocycles. The van der Waals surface area contributed by atoms with Gasteiger partial charge in [0.2, 0.25) is 0 Å². The molecule has 0 bridgehead atoms. The standard InChI is InChI=1S/C43H87N7O2.CH4.2ClH/c1-3-5-7-9-11-13-15-17-19-20-22-24-26-28-30-32-37-50(36-31-29-27-25-23-21-18-16-14-12-10-8-6-4-2)42(52)40(45)38-49-41(51)39(44)34-33-35-48-43(46)47;;;/h17,19,39-40H,3-16,18,20-38,44-45H2,1-2H3,(H,49,51)(H4,46,47,48);1H4;2*1H/p+1/b19-17-;;;. The van der Waals surface area contributed by atoms with Gasteiger partial charge in [-0.05, 0) is 44.9 Å². The number of amides is 2. The van der Waals surface area contributed by atoms with E-state index < -0.39 is 12.1 Å². The third kappa shape index (κ3) is 41.9. The Balaban J connectivity index is -0.00000433. The highest BCUT2D eigenvalue weighted by atomic mass is 35.5. The number of carbonyl (C=O) groups is 2. The van der Waals surface area contributed by atoms with E-state index in [2.05, 4.69) is 47.8 Å². The Hall–Kier alpha value is -1.55. The highest BCUT2D eigenvalue weighted by Crippen LogP contribution is 2.14. The van der Waals surface area contributed by atoms with Crippen molar-refractivity contribution in [3.05, 3.63) is 12.2 Å². The lowest BCUT2D eigenvalue weighted by molar-refractivity contribution is -0.463. The van der Waals surface area contributed by atoms with E-state index in [0.717, 1.165) is 38.8 Å². The zero-order valence-corrected chi connectivity index (χ0v) is 37.0.